The number of pyridine rings is 1. The lowest BCUT2D eigenvalue weighted by molar-refractivity contribution is 0.281. The van der Waals surface area contributed by atoms with Crippen molar-refractivity contribution in [3.63, 3.8) is 0 Å². The summed E-state index contributed by atoms with van der Waals surface area (Å²) >= 11 is 3.66. The average Bonchev–Trinajstić information content (AvgIpc) is 2.46. The van der Waals surface area contributed by atoms with E-state index >= 15 is 0 Å². The molecule has 1 saturated heterocycles. The number of aromatic nitrogens is 1. The van der Waals surface area contributed by atoms with Crippen LogP contribution in [0, 0.1) is 0 Å². The number of hydrogen-bond donors (Lipinski definition) is 2. The normalized spacial score (nSPS) is 20.4. The Balaban J connectivity index is 1.96. The second-order valence-electron chi connectivity index (χ2n) is 4.08. The molecule has 1 aliphatic heterocycles. The lowest BCUT2D eigenvalue weighted by Gasteiger charge is -2.20. The average molecular weight is 320 g/mol. The van der Waals surface area contributed by atoms with E-state index in [1.54, 1.807) is 17.8 Å². The molecule has 0 amide bonds. The molecule has 19 heavy (non-hydrogen) atoms. The van der Waals surface area contributed by atoms with Gasteiger partial charge < -0.3 is 5.11 Å². The SMILES string of the molecule is O=S(=O)(NCC1CSCCS1)c1ccc(CO)cn1. The summed E-state index contributed by atoms with van der Waals surface area (Å²) in [4.78, 5) is 3.86. The zero-order valence-corrected chi connectivity index (χ0v) is 12.7. The van der Waals surface area contributed by atoms with E-state index in [-0.39, 0.29) is 11.6 Å². The number of nitrogens with zero attached hydrogens (tertiary/aromatic N) is 1. The van der Waals surface area contributed by atoms with Gasteiger partial charge in [-0.2, -0.15) is 23.5 Å². The first kappa shape index (κ1) is 15.1. The Morgan fingerprint density at radius 1 is 1.42 bits per heavy atom. The molecule has 5 nitrogen and oxygen atoms in total. The van der Waals surface area contributed by atoms with Gasteiger partial charge in [0.15, 0.2) is 5.03 Å². The van der Waals surface area contributed by atoms with E-state index in [0.717, 1.165) is 17.3 Å². The largest absolute Gasteiger partial charge is 0.392 e. The lowest BCUT2D eigenvalue weighted by atomic mass is 10.3. The molecule has 0 aliphatic carbocycles. The van der Waals surface area contributed by atoms with Gasteiger partial charge in [0.2, 0.25) is 0 Å². The van der Waals surface area contributed by atoms with Crippen molar-refractivity contribution in [1.29, 1.82) is 0 Å². The van der Waals surface area contributed by atoms with E-state index in [4.69, 9.17) is 5.11 Å². The predicted octanol–water partition coefficient (Wildman–Crippen LogP) is 0.701. The van der Waals surface area contributed by atoms with Gasteiger partial charge in [0.05, 0.1) is 6.61 Å². The van der Waals surface area contributed by atoms with Gasteiger partial charge in [-0.05, 0) is 11.6 Å². The predicted molar refractivity (Wildman–Crippen MR) is 78.9 cm³/mol. The molecule has 8 heteroatoms. The maximum absolute atomic E-state index is 12.0. The summed E-state index contributed by atoms with van der Waals surface area (Å²) in [5.41, 5.74) is 0.596. The molecule has 2 heterocycles. The molecule has 1 fully saturated rings. The molecule has 0 bridgehead atoms. The third-order valence-electron chi connectivity index (χ3n) is 2.64. The fraction of sp³-hybridized carbons (Fsp3) is 0.545. The number of thioether (sulfide) groups is 2. The Bertz CT molecular complexity index is 498. The summed E-state index contributed by atoms with van der Waals surface area (Å²) in [6.45, 7) is 0.292. The van der Waals surface area contributed by atoms with Crippen molar-refractivity contribution >= 4 is 33.5 Å². The molecular weight excluding hydrogens is 304 g/mol. The molecule has 1 aromatic rings. The fourth-order valence-electron chi connectivity index (χ4n) is 1.59. The Hall–Kier alpha value is -0.280. The van der Waals surface area contributed by atoms with E-state index in [1.807, 2.05) is 11.8 Å². The lowest BCUT2D eigenvalue weighted by Crippen LogP contribution is -2.33. The highest BCUT2D eigenvalue weighted by molar-refractivity contribution is 8.06. The molecule has 2 N–H and O–H groups in total. The number of rotatable bonds is 5. The highest BCUT2D eigenvalue weighted by atomic mass is 32.2. The Morgan fingerprint density at radius 2 is 2.26 bits per heavy atom. The van der Waals surface area contributed by atoms with Crippen molar-refractivity contribution < 1.29 is 13.5 Å². The summed E-state index contributed by atoms with van der Waals surface area (Å²) < 4.78 is 26.6. The second kappa shape index (κ2) is 6.94. The van der Waals surface area contributed by atoms with Crippen molar-refractivity contribution in [3.05, 3.63) is 23.9 Å². The number of aliphatic hydroxyl groups excluding tert-OH is 1. The van der Waals surface area contributed by atoms with E-state index in [2.05, 4.69) is 9.71 Å². The van der Waals surface area contributed by atoms with Gasteiger partial charge in [-0.25, -0.2) is 18.1 Å². The monoisotopic (exact) mass is 320 g/mol. The molecule has 1 unspecified atom stereocenters. The first-order chi connectivity index (χ1) is 9.12. The molecular formula is C11H16N2O3S3. The van der Waals surface area contributed by atoms with Crippen LogP contribution in [0.5, 0.6) is 0 Å². The Kier molecular flexibility index (Phi) is 5.52. The zero-order chi connectivity index (χ0) is 13.7. The number of sulfonamides is 1. The number of nitrogens with one attached hydrogen (secondary N) is 1. The summed E-state index contributed by atoms with van der Waals surface area (Å²) in [5, 5.41) is 9.22. The summed E-state index contributed by atoms with van der Waals surface area (Å²) in [7, 11) is -3.55. The van der Waals surface area contributed by atoms with E-state index in [0.29, 0.717) is 17.4 Å². The highest BCUT2D eigenvalue weighted by Crippen LogP contribution is 2.23. The van der Waals surface area contributed by atoms with Crippen molar-refractivity contribution in [2.75, 3.05) is 23.8 Å². The van der Waals surface area contributed by atoms with Gasteiger partial charge in [-0.15, -0.1) is 0 Å². The van der Waals surface area contributed by atoms with Gasteiger partial charge in [0, 0.05) is 35.3 Å². The van der Waals surface area contributed by atoms with Crippen LogP contribution in [0.2, 0.25) is 0 Å². The summed E-state index contributed by atoms with van der Waals surface area (Å²) in [5.74, 6) is 3.18. The van der Waals surface area contributed by atoms with Crippen LogP contribution in [0.25, 0.3) is 0 Å². The van der Waals surface area contributed by atoms with Crippen molar-refractivity contribution in [3.8, 4) is 0 Å². The molecule has 2 rings (SSSR count). The van der Waals surface area contributed by atoms with Gasteiger partial charge in [-0.3, -0.25) is 0 Å². The second-order valence-corrected chi connectivity index (χ2v) is 8.35. The van der Waals surface area contributed by atoms with Crippen molar-refractivity contribution in [2.24, 2.45) is 0 Å². The van der Waals surface area contributed by atoms with Crippen LogP contribution < -0.4 is 4.72 Å². The van der Waals surface area contributed by atoms with Crippen LogP contribution in [-0.4, -0.2) is 47.6 Å². The topological polar surface area (TPSA) is 79.3 Å². The summed E-state index contributed by atoms with van der Waals surface area (Å²) in [6, 6.07) is 2.98. The van der Waals surface area contributed by atoms with Gasteiger partial charge in [0.1, 0.15) is 0 Å². The van der Waals surface area contributed by atoms with Gasteiger partial charge in [-0.1, -0.05) is 6.07 Å². The number of hydrogen-bond acceptors (Lipinski definition) is 6. The van der Waals surface area contributed by atoms with Crippen LogP contribution in [0.15, 0.2) is 23.4 Å². The third kappa shape index (κ3) is 4.35. The van der Waals surface area contributed by atoms with Crippen LogP contribution in [-0.2, 0) is 16.6 Å². The molecule has 106 valence electrons. The van der Waals surface area contributed by atoms with E-state index in [9.17, 15) is 8.42 Å². The molecule has 0 spiro atoms. The van der Waals surface area contributed by atoms with Gasteiger partial charge >= 0.3 is 0 Å². The smallest absolute Gasteiger partial charge is 0.258 e. The van der Waals surface area contributed by atoms with Crippen LogP contribution >= 0.6 is 23.5 Å². The first-order valence-corrected chi connectivity index (χ1v) is 9.55. The molecule has 1 atom stereocenters. The minimum absolute atomic E-state index is 0.00170. The molecule has 1 aromatic heterocycles. The van der Waals surface area contributed by atoms with Gasteiger partial charge in [0.25, 0.3) is 10.0 Å². The zero-order valence-electron chi connectivity index (χ0n) is 10.3. The van der Waals surface area contributed by atoms with E-state index in [1.165, 1.54) is 12.3 Å². The minimum Gasteiger partial charge on any atom is -0.392 e. The molecule has 0 aromatic carbocycles. The van der Waals surface area contributed by atoms with E-state index < -0.39 is 10.0 Å². The molecule has 0 saturated carbocycles. The standard InChI is InChI=1S/C11H16N2O3S3/c14-7-9-1-2-11(12-5-9)19(15,16)13-6-10-8-17-3-4-18-10/h1-2,5,10,13-14H,3-4,6-8H2. The maximum Gasteiger partial charge on any atom is 0.258 e. The highest BCUT2D eigenvalue weighted by Gasteiger charge is 2.20. The van der Waals surface area contributed by atoms with Crippen LogP contribution in [0.1, 0.15) is 5.56 Å². The maximum atomic E-state index is 12.0. The minimum atomic E-state index is -3.55. The van der Waals surface area contributed by atoms with Crippen LogP contribution in [0.3, 0.4) is 0 Å². The molecule has 1 aliphatic rings. The third-order valence-corrected chi connectivity index (χ3v) is 6.83. The first-order valence-electron chi connectivity index (χ1n) is 5.86. The van der Waals surface area contributed by atoms with Crippen molar-refractivity contribution in [1.82, 2.24) is 9.71 Å². The number of aliphatic hydroxyl groups is 1. The molecule has 0 radical (unpaired) electrons. The Morgan fingerprint density at radius 3 is 2.84 bits per heavy atom. The van der Waals surface area contributed by atoms with Crippen LogP contribution in [0.4, 0.5) is 0 Å². The summed E-state index contributed by atoms with van der Waals surface area (Å²) in [6.07, 6.45) is 1.37. The van der Waals surface area contributed by atoms with Crippen molar-refractivity contribution in [2.45, 2.75) is 16.9 Å². The quantitative estimate of drug-likeness (QED) is 0.831. The Labute approximate surface area is 121 Å². The fourth-order valence-corrected chi connectivity index (χ4v) is 5.32.